The maximum Gasteiger partial charge on any atom is 0.283 e. The number of ether oxygens (including phenoxy) is 3. The van der Waals surface area contributed by atoms with Gasteiger partial charge in [0.2, 0.25) is 5.17 Å². The molecule has 0 atom stereocenters. The Morgan fingerprint density at radius 1 is 1.02 bits per heavy atom. The van der Waals surface area contributed by atoms with E-state index in [4.69, 9.17) is 19.6 Å². The summed E-state index contributed by atoms with van der Waals surface area (Å²) in [7, 11) is 1.57. The maximum atomic E-state index is 12.9. The van der Waals surface area contributed by atoms with E-state index < -0.39 is 5.91 Å². The number of rotatable bonds is 8. The molecule has 0 spiro atoms. The lowest BCUT2D eigenvalue weighted by Gasteiger charge is -2.20. The van der Waals surface area contributed by atoms with Crippen LogP contribution in [0.4, 0.5) is 0 Å². The Kier molecular flexibility index (Phi) is 8.74. The first kappa shape index (κ1) is 29.8. The van der Waals surface area contributed by atoms with E-state index in [0.717, 1.165) is 20.4 Å². The number of nitrogens with zero attached hydrogens (tertiary/aromatic N) is 3. The van der Waals surface area contributed by atoms with Gasteiger partial charge in [-0.15, -0.1) is 0 Å². The van der Waals surface area contributed by atoms with Crippen molar-refractivity contribution < 1.29 is 19.0 Å². The number of amides is 1. The summed E-state index contributed by atoms with van der Waals surface area (Å²) in [4.78, 5) is 17.2. The van der Waals surface area contributed by atoms with E-state index in [9.17, 15) is 4.79 Å². The minimum atomic E-state index is -0.485. The molecule has 1 N–H and O–H groups in total. The number of aliphatic imine (C=N–C) groups is 1. The molecule has 0 saturated carbocycles. The average molecular weight is 695 g/mol. The molecule has 0 radical (unpaired) electrons. The molecule has 0 saturated heterocycles. The quantitative estimate of drug-likeness (QED) is 0.155. The summed E-state index contributed by atoms with van der Waals surface area (Å²) in [6.45, 7) is 9.24. The van der Waals surface area contributed by atoms with Gasteiger partial charge in [-0.2, -0.15) is 15.1 Å². The smallest absolute Gasteiger partial charge is 0.283 e. The van der Waals surface area contributed by atoms with Crippen molar-refractivity contribution in [3.8, 4) is 17.2 Å². The van der Waals surface area contributed by atoms with Crippen LogP contribution in [0.5, 0.6) is 17.2 Å². The first-order valence-corrected chi connectivity index (χ1v) is 15.2. The largest absolute Gasteiger partial charge is 0.493 e. The molecule has 8 nitrogen and oxygen atoms in total. The zero-order valence-electron chi connectivity index (χ0n) is 24.0. The number of benzene rings is 3. The summed E-state index contributed by atoms with van der Waals surface area (Å²) in [5.74, 6) is 1.37. The second-order valence-electron chi connectivity index (χ2n) is 10.8. The summed E-state index contributed by atoms with van der Waals surface area (Å²) in [6.07, 6.45) is 1.63. The standard InChI is InChI=1S/C32H31IN4O4S/c1-19-6-8-21(9-7-19)30-36-37-28(34)24(29(38)35-31(37)42-30)16-20-17-25(33)27(26(18-20)39-5)41-15-14-40-23-12-10-22(11-13-23)32(2,3)4/h6-13,16-18,34H,14-15H2,1-5H3/b24-16-,34-28?. The van der Waals surface area contributed by atoms with Gasteiger partial charge < -0.3 is 14.2 Å². The summed E-state index contributed by atoms with van der Waals surface area (Å²) in [5, 5.41) is 15.8. The molecule has 3 aromatic carbocycles. The second kappa shape index (κ2) is 12.3. The number of halogens is 1. The minimum absolute atomic E-state index is 0.0263. The van der Waals surface area contributed by atoms with Crippen LogP contribution in [-0.2, 0) is 10.2 Å². The molecule has 1 amide bonds. The van der Waals surface area contributed by atoms with E-state index in [0.29, 0.717) is 40.5 Å². The van der Waals surface area contributed by atoms with Crippen LogP contribution in [0.25, 0.3) is 6.08 Å². The van der Waals surface area contributed by atoms with Gasteiger partial charge in [0.1, 0.15) is 24.0 Å². The Morgan fingerprint density at radius 2 is 1.71 bits per heavy atom. The Bertz CT molecular complexity index is 1620. The van der Waals surface area contributed by atoms with E-state index in [2.05, 4.69) is 65.6 Å². The van der Waals surface area contributed by atoms with E-state index in [1.54, 1.807) is 19.3 Å². The second-order valence-corrected chi connectivity index (χ2v) is 12.9. The molecule has 2 heterocycles. The lowest BCUT2D eigenvalue weighted by Crippen LogP contribution is -2.35. The lowest BCUT2D eigenvalue weighted by atomic mass is 9.87. The third-order valence-electron chi connectivity index (χ3n) is 6.63. The summed E-state index contributed by atoms with van der Waals surface area (Å²) in [6, 6.07) is 19.7. The fourth-order valence-electron chi connectivity index (χ4n) is 4.29. The Hall–Kier alpha value is -3.64. The Balaban J connectivity index is 1.28. The van der Waals surface area contributed by atoms with Gasteiger partial charge in [-0.05, 0) is 88.2 Å². The monoisotopic (exact) mass is 694 g/mol. The molecule has 0 aliphatic carbocycles. The number of thioether (sulfide) groups is 1. The summed E-state index contributed by atoms with van der Waals surface area (Å²) < 4.78 is 18.3. The number of hydrogen-bond donors (Lipinski definition) is 1. The van der Waals surface area contributed by atoms with Crippen molar-refractivity contribution in [1.29, 1.82) is 5.41 Å². The number of aryl methyl sites for hydroxylation is 1. The van der Waals surface area contributed by atoms with Gasteiger partial charge in [-0.1, -0.05) is 62.7 Å². The van der Waals surface area contributed by atoms with Gasteiger partial charge >= 0.3 is 0 Å². The molecule has 42 heavy (non-hydrogen) atoms. The van der Waals surface area contributed by atoms with Gasteiger partial charge in [0.05, 0.1) is 16.3 Å². The molecule has 2 aliphatic heterocycles. The van der Waals surface area contributed by atoms with Gasteiger partial charge in [0.25, 0.3) is 5.91 Å². The van der Waals surface area contributed by atoms with Crippen molar-refractivity contribution >= 4 is 62.4 Å². The molecule has 0 unspecified atom stereocenters. The molecular formula is C32H31IN4O4S. The first-order valence-electron chi connectivity index (χ1n) is 13.3. The Morgan fingerprint density at radius 3 is 2.38 bits per heavy atom. The number of carbonyl (C=O) groups excluding carboxylic acids is 1. The third kappa shape index (κ3) is 6.54. The SMILES string of the molecule is COc1cc(/C=C2/C(=N)N3N=C(c4ccc(C)cc4)SC3=NC2=O)cc(I)c1OCCOc1ccc(C(C)(C)C)cc1. The number of fused-ring (bicyclic) bond motifs is 1. The molecule has 5 rings (SSSR count). The van der Waals surface area contributed by atoms with Crippen LogP contribution in [0.15, 0.2) is 76.3 Å². The van der Waals surface area contributed by atoms with Crippen molar-refractivity contribution in [3.05, 3.63) is 92.1 Å². The average Bonchev–Trinajstić information content (AvgIpc) is 3.38. The highest BCUT2D eigenvalue weighted by Gasteiger charge is 2.36. The van der Waals surface area contributed by atoms with Gasteiger partial charge in [-0.3, -0.25) is 10.2 Å². The van der Waals surface area contributed by atoms with Crippen molar-refractivity contribution in [2.24, 2.45) is 10.1 Å². The van der Waals surface area contributed by atoms with Gasteiger partial charge in [0.15, 0.2) is 17.3 Å². The highest BCUT2D eigenvalue weighted by atomic mass is 127. The van der Waals surface area contributed by atoms with Gasteiger partial charge in [-0.25, -0.2) is 0 Å². The highest BCUT2D eigenvalue weighted by Crippen LogP contribution is 2.36. The van der Waals surface area contributed by atoms with Crippen molar-refractivity contribution in [1.82, 2.24) is 5.01 Å². The lowest BCUT2D eigenvalue weighted by molar-refractivity contribution is -0.114. The normalized spacial score (nSPS) is 15.9. The fourth-order valence-corrected chi connectivity index (χ4v) is 5.97. The predicted octanol–water partition coefficient (Wildman–Crippen LogP) is 7.03. The van der Waals surface area contributed by atoms with Crippen LogP contribution in [-0.4, -0.2) is 47.3 Å². The van der Waals surface area contributed by atoms with E-state index in [1.165, 1.54) is 22.3 Å². The zero-order chi connectivity index (χ0) is 30.0. The van der Waals surface area contributed by atoms with Crippen LogP contribution in [0.1, 0.15) is 43.0 Å². The van der Waals surface area contributed by atoms with Crippen molar-refractivity contribution in [2.75, 3.05) is 20.3 Å². The first-order chi connectivity index (χ1) is 20.0. The molecule has 216 valence electrons. The van der Waals surface area contributed by atoms with E-state index >= 15 is 0 Å². The molecule has 2 aliphatic rings. The summed E-state index contributed by atoms with van der Waals surface area (Å²) >= 11 is 3.45. The van der Waals surface area contributed by atoms with E-state index in [1.807, 2.05) is 49.4 Å². The van der Waals surface area contributed by atoms with Crippen molar-refractivity contribution in [2.45, 2.75) is 33.1 Å². The number of hydrazone groups is 1. The van der Waals surface area contributed by atoms with Crippen LogP contribution < -0.4 is 14.2 Å². The minimum Gasteiger partial charge on any atom is -0.493 e. The number of hydrogen-bond acceptors (Lipinski definition) is 7. The van der Waals surface area contributed by atoms with Gasteiger partial charge in [0, 0.05) is 5.56 Å². The fraction of sp³-hybridized carbons (Fsp3) is 0.250. The molecule has 10 heteroatoms. The molecule has 0 aromatic heterocycles. The molecule has 3 aromatic rings. The maximum absolute atomic E-state index is 12.9. The van der Waals surface area contributed by atoms with Crippen LogP contribution >= 0.6 is 34.4 Å². The number of methoxy groups -OCH3 is 1. The topological polar surface area (TPSA) is 96.6 Å². The van der Waals surface area contributed by atoms with Crippen LogP contribution in [0.3, 0.4) is 0 Å². The van der Waals surface area contributed by atoms with Crippen LogP contribution in [0, 0.1) is 15.9 Å². The number of carbonyl (C=O) groups is 1. The van der Waals surface area contributed by atoms with Crippen molar-refractivity contribution in [3.63, 3.8) is 0 Å². The summed E-state index contributed by atoms with van der Waals surface area (Å²) in [5.41, 5.74) is 4.21. The zero-order valence-corrected chi connectivity index (χ0v) is 27.0. The third-order valence-corrected chi connectivity index (χ3v) is 8.39. The highest BCUT2D eigenvalue weighted by molar-refractivity contribution is 14.1. The molecule has 0 bridgehead atoms. The molecular weight excluding hydrogens is 663 g/mol. The number of amidine groups is 2. The number of nitrogens with one attached hydrogen (secondary N) is 1. The Labute approximate surface area is 263 Å². The molecule has 0 fully saturated rings. The van der Waals surface area contributed by atoms with E-state index in [-0.39, 0.29) is 16.8 Å². The van der Waals surface area contributed by atoms with Crippen LogP contribution in [0.2, 0.25) is 0 Å². The predicted molar refractivity (Wildman–Crippen MR) is 177 cm³/mol.